The number of carbonyl (C=O) groups excluding carboxylic acids is 2. The van der Waals surface area contributed by atoms with Gasteiger partial charge >= 0.3 is 0 Å². The summed E-state index contributed by atoms with van der Waals surface area (Å²) < 4.78 is 0. The molecule has 112 valence electrons. The minimum atomic E-state index is -0.317. The average molecular weight is 286 g/mol. The summed E-state index contributed by atoms with van der Waals surface area (Å²) in [5.41, 5.74) is 7.05. The number of benzene rings is 1. The fourth-order valence-electron chi connectivity index (χ4n) is 2.57. The summed E-state index contributed by atoms with van der Waals surface area (Å²) in [4.78, 5) is 23.6. The molecule has 0 aliphatic heterocycles. The second kappa shape index (κ2) is 7.62. The molecule has 0 radical (unpaired) electrons. The zero-order chi connectivity index (χ0) is 15.1. The van der Waals surface area contributed by atoms with Crippen molar-refractivity contribution in [1.29, 1.82) is 0 Å². The number of nitrogens with one attached hydrogen (secondary N) is 2. The van der Waals surface area contributed by atoms with Gasteiger partial charge < -0.3 is 0 Å². The molecule has 4 nitrogen and oxygen atoms in total. The van der Waals surface area contributed by atoms with E-state index in [0.717, 1.165) is 36.8 Å². The van der Waals surface area contributed by atoms with Crippen molar-refractivity contribution in [2.45, 2.75) is 39.0 Å². The summed E-state index contributed by atoms with van der Waals surface area (Å²) in [5.74, 6) is -0.353. The van der Waals surface area contributed by atoms with E-state index in [1.165, 1.54) is 12.5 Å². The summed E-state index contributed by atoms with van der Waals surface area (Å²) in [6, 6.07) is 7.81. The molecule has 2 amide bonds. The molecule has 0 spiro atoms. The van der Waals surface area contributed by atoms with E-state index >= 15 is 0 Å². The van der Waals surface area contributed by atoms with Crippen LogP contribution in [0.4, 0.5) is 0 Å². The first kappa shape index (κ1) is 15.3. The lowest BCUT2D eigenvalue weighted by Crippen LogP contribution is -2.44. The fourth-order valence-corrected chi connectivity index (χ4v) is 2.57. The first-order chi connectivity index (χ1) is 10.2. The molecule has 1 aromatic carbocycles. The molecule has 0 bridgehead atoms. The van der Waals surface area contributed by atoms with Gasteiger partial charge in [-0.05, 0) is 37.0 Å². The van der Waals surface area contributed by atoms with E-state index < -0.39 is 0 Å². The predicted octanol–water partition coefficient (Wildman–Crippen LogP) is 2.74. The molecule has 0 heterocycles. The molecule has 4 heteroatoms. The third kappa shape index (κ3) is 4.74. The SMILES string of the molecule is Cc1ccccc1/C=C/C(=O)NNC(=O)C1CCCCC1. The van der Waals surface area contributed by atoms with Crippen LogP contribution < -0.4 is 10.9 Å². The Morgan fingerprint density at radius 2 is 1.81 bits per heavy atom. The Hall–Kier alpha value is -2.10. The van der Waals surface area contributed by atoms with Gasteiger partial charge in [0.05, 0.1) is 0 Å². The second-order valence-electron chi connectivity index (χ2n) is 5.50. The van der Waals surface area contributed by atoms with Crippen LogP contribution >= 0.6 is 0 Å². The molecular weight excluding hydrogens is 264 g/mol. The number of carbonyl (C=O) groups is 2. The maximum atomic E-state index is 11.9. The smallest absolute Gasteiger partial charge is 0.262 e. The van der Waals surface area contributed by atoms with E-state index in [0.29, 0.717) is 0 Å². The lowest BCUT2D eigenvalue weighted by molar-refractivity contribution is -0.130. The second-order valence-corrected chi connectivity index (χ2v) is 5.50. The summed E-state index contributed by atoms with van der Waals surface area (Å²) in [5, 5.41) is 0. The predicted molar refractivity (Wildman–Crippen MR) is 83.1 cm³/mol. The molecule has 1 saturated carbocycles. The average Bonchev–Trinajstić information content (AvgIpc) is 2.52. The van der Waals surface area contributed by atoms with Crippen LogP contribution in [0.15, 0.2) is 30.3 Å². The Labute approximate surface area is 125 Å². The van der Waals surface area contributed by atoms with Crippen LogP contribution in [0, 0.1) is 12.8 Å². The van der Waals surface area contributed by atoms with Crippen molar-refractivity contribution in [3.05, 3.63) is 41.5 Å². The Morgan fingerprint density at radius 1 is 1.10 bits per heavy atom. The highest BCUT2D eigenvalue weighted by atomic mass is 16.2. The van der Waals surface area contributed by atoms with Gasteiger partial charge in [0.1, 0.15) is 0 Å². The highest BCUT2D eigenvalue weighted by Gasteiger charge is 2.20. The standard InChI is InChI=1S/C17H22N2O2/c1-13-7-5-6-8-14(13)11-12-16(20)18-19-17(21)15-9-3-2-4-10-15/h5-8,11-12,15H,2-4,9-10H2,1H3,(H,18,20)(H,19,21)/b12-11+. The van der Waals surface area contributed by atoms with Crippen molar-refractivity contribution in [3.8, 4) is 0 Å². The Bertz CT molecular complexity index is 531. The Morgan fingerprint density at radius 3 is 2.52 bits per heavy atom. The van der Waals surface area contributed by atoms with Gasteiger partial charge in [-0.2, -0.15) is 0 Å². The minimum Gasteiger partial charge on any atom is -0.273 e. The van der Waals surface area contributed by atoms with Gasteiger partial charge in [0.15, 0.2) is 0 Å². The lowest BCUT2D eigenvalue weighted by Gasteiger charge is -2.20. The van der Waals surface area contributed by atoms with Crippen molar-refractivity contribution < 1.29 is 9.59 Å². The van der Waals surface area contributed by atoms with Crippen molar-refractivity contribution >= 4 is 17.9 Å². The molecule has 21 heavy (non-hydrogen) atoms. The van der Waals surface area contributed by atoms with E-state index in [1.54, 1.807) is 6.08 Å². The number of rotatable bonds is 3. The Balaban J connectivity index is 1.79. The molecule has 2 N–H and O–H groups in total. The number of hydrogen-bond donors (Lipinski definition) is 2. The molecule has 1 aliphatic rings. The number of hydrazine groups is 1. The minimum absolute atomic E-state index is 0.0411. The van der Waals surface area contributed by atoms with Crippen LogP contribution in [0.3, 0.4) is 0 Å². The van der Waals surface area contributed by atoms with Crippen LogP contribution in [0.25, 0.3) is 6.08 Å². The lowest BCUT2D eigenvalue weighted by atomic mass is 9.89. The molecule has 0 aromatic heterocycles. The molecular formula is C17H22N2O2. The summed E-state index contributed by atoms with van der Waals surface area (Å²) in [7, 11) is 0. The Kier molecular flexibility index (Phi) is 5.55. The van der Waals surface area contributed by atoms with Gasteiger partial charge in [-0.15, -0.1) is 0 Å². The van der Waals surface area contributed by atoms with Crippen molar-refractivity contribution in [1.82, 2.24) is 10.9 Å². The normalized spacial score (nSPS) is 15.9. The van der Waals surface area contributed by atoms with Crippen LogP contribution in [-0.4, -0.2) is 11.8 Å². The topological polar surface area (TPSA) is 58.2 Å². The van der Waals surface area contributed by atoms with Crippen molar-refractivity contribution in [3.63, 3.8) is 0 Å². The number of hydrogen-bond acceptors (Lipinski definition) is 2. The molecule has 0 saturated heterocycles. The van der Waals surface area contributed by atoms with Crippen molar-refractivity contribution in [2.24, 2.45) is 5.92 Å². The highest BCUT2D eigenvalue weighted by Crippen LogP contribution is 2.23. The van der Waals surface area contributed by atoms with Gasteiger partial charge in [0, 0.05) is 12.0 Å². The van der Waals surface area contributed by atoms with E-state index in [1.807, 2.05) is 31.2 Å². The third-order valence-corrected chi connectivity index (χ3v) is 3.89. The van der Waals surface area contributed by atoms with Crippen LogP contribution in [-0.2, 0) is 9.59 Å². The quantitative estimate of drug-likeness (QED) is 0.663. The van der Waals surface area contributed by atoms with Crippen molar-refractivity contribution in [2.75, 3.05) is 0 Å². The summed E-state index contributed by atoms with van der Waals surface area (Å²) >= 11 is 0. The monoisotopic (exact) mass is 286 g/mol. The largest absolute Gasteiger partial charge is 0.273 e. The van der Waals surface area contributed by atoms with Crippen LogP contribution in [0.5, 0.6) is 0 Å². The van der Waals surface area contributed by atoms with Gasteiger partial charge in [-0.3, -0.25) is 20.4 Å². The van der Waals surface area contributed by atoms with Gasteiger partial charge in [0.2, 0.25) is 5.91 Å². The molecule has 2 rings (SSSR count). The number of amides is 2. The molecule has 0 unspecified atom stereocenters. The van der Waals surface area contributed by atoms with E-state index in [2.05, 4.69) is 10.9 Å². The zero-order valence-electron chi connectivity index (χ0n) is 12.4. The number of aryl methyl sites for hydroxylation is 1. The summed E-state index contributed by atoms with van der Waals surface area (Å²) in [6.07, 6.45) is 8.41. The summed E-state index contributed by atoms with van der Waals surface area (Å²) in [6.45, 7) is 1.99. The highest BCUT2D eigenvalue weighted by molar-refractivity contribution is 5.93. The zero-order valence-corrected chi connectivity index (χ0v) is 12.4. The fraction of sp³-hybridized carbons (Fsp3) is 0.412. The first-order valence-electron chi connectivity index (χ1n) is 7.50. The molecule has 1 aromatic rings. The molecule has 0 atom stereocenters. The van der Waals surface area contributed by atoms with Gasteiger partial charge in [-0.25, -0.2) is 0 Å². The maximum absolute atomic E-state index is 11.9. The van der Waals surface area contributed by atoms with E-state index in [-0.39, 0.29) is 17.7 Å². The maximum Gasteiger partial charge on any atom is 0.262 e. The van der Waals surface area contributed by atoms with Crippen LogP contribution in [0.2, 0.25) is 0 Å². The van der Waals surface area contributed by atoms with E-state index in [9.17, 15) is 9.59 Å². The molecule has 1 fully saturated rings. The van der Waals surface area contributed by atoms with E-state index in [4.69, 9.17) is 0 Å². The first-order valence-corrected chi connectivity index (χ1v) is 7.50. The van der Waals surface area contributed by atoms with Gasteiger partial charge in [-0.1, -0.05) is 43.5 Å². The van der Waals surface area contributed by atoms with Crippen LogP contribution in [0.1, 0.15) is 43.2 Å². The third-order valence-electron chi connectivity index (χ3n) is 3.89. The molecule has 1 aliphatic carbocycles. The van der Waals surface area contributed by atoms with Gasteiger partial charge in [0.25, 0.3) is 5.91 Å².